The molecule has 11 heteroatoms. The molecule has 0 saturated heterocycles. The first-order chi connectivity index (χ1) is 12.0. The topological polar surface area (TPSA) is 47.5 Å². The van der Waals surface area contributed by atoms with Gasteiger partial charge in [-0.05, 0) is 12.1 Å². The minimum absolute atomic E-state index is 0.275. The Bertz CT molecular complexity index is 764. The molecule has 142 valence electrons. The van der Waals surface area contributed by atoms with Crippen LogP contribution in [0.1, 0.15) is 5.56 Å². The largest absolute Gasteiger partial charge is 0.497 e. The minimum atomic E-state index is -4.96. The highest BCUT2D eigenvalue weighted by Gasteiger charge is 2.38. The van der Waals surface area contributed by atoms with Gasteiger partial charge in [-0.15, -0.1) is 0 Å². The molecule has 5 nitrogen and oxygen atoms in total. The van der Waals surface area contributed by atoms with Crippen LogP contribution < -0.4 is 14.4 Å². The Hall–Kier alpha value is -2.72. The van der Waals surface area contributed by atoms with Gasteiger partial charge >= 0.3 is 12.4 Å². The van der Waals surface area contributed by atoms with E-state index >= 15 is 0 Å². The van der Waals surface area contributed by atoms with Gasteiger partial charge in [-0.3, -0.25) is 0 Å². The Balaban J connectivity index is 2.40. The van der Waals surface area contributed by atoms with E-state index in [2.05, 4.69) is 14.7 Å². The molecule has 0 aliphatic heterocycles. The predicted molar refractivity (Wildman–Crippen MR) is 79.6 cm³/mol. The number of hydrogen-bond acceptors (Lipinski definition) is 5. The molecule has 26 heavy (non-hydrogen) atoms. The molecule has 0 atom stereocenters. The van der Waals surface area contributed by atoms with Crippen molar-refractivity contribution in [2.75, 3.05) is 25.7 Å². The number of alkyl halides is 6. The van der Waals surface area contributed by atoms with E-state index in [1.165, 1.54) is 19.1 Å². The van der Waals surface area contributed by atoms with Crippen LogP contribution in [0.25, 0.3) is 0 Å². The Kier molecular flexibility index (Phi) is 5.47. The van der Waals surface area contributed by atoms with Crippen LogP contribution in [-0.2, 0) is 6.18 Å². The van der Waals surface area contributed by atoms with Gasteiger partial charge in [-0.2, -0.15) is 31.3 Å². The van der Waals surface area contributed by atoms with E-state index in [0.29, 0.717) is 17.6 Å². The maximum atomic E-state index is 13.0. The van der Waals surface area contributed by atoms with Gasteiger partial charge in [0.1, 0.15) is 11.3 Å². The zero-order valence-corrected chi connectivity index (χ0v) is 13.5. The standard InChI is InChI=1S/C15H13F6N3O2/c1-24(9-4-3-5-10(6-9)25-2)13-22-7-11(15(19,20)21)12(23-13)26-8-14(16,17)18/h3-7H,8H2,1-2H3. The average Bonchev–Trinajstić information content (AvgIpc) is 2.57. The van der Waals surface area contributed by atoms with Crippen molar-refractivity contribution in [2.45, 2.75) is 12.4 Å². The van der Waals surface area contributed by atoms with Crippen molar-refractivity contribution < 1.29 is 35.8 Å². The molecule has 0 aliphatic carbocycles. The van der Waals surface area contributed by atoms with Gasteiger partial charge in [0.15, 0.2) is 6.61 Å². The molecule has 0 amide bonds. The molecule has 0 bridgehead atoms. The number of halogens is 6. The molecule has 2 aromatic rings. The third-order valence-corrected chi connectivity index (χ3v) is 3.16. The third-order valence-electron chi connectivity index (χ3n) is 3.16. The maximum Gasteiger partial charge on any atom is 0.423 e. The molecular weight excluding hydrogens is 368 g/mol. The lowest BCUT2D eigenvalue weighted by Gasteiger charge is -2.20. The van der Waals surface area contributed by atoms with Gasteiger partial charge in [-0.1, -0.05) is 6.07 Å². The lowest BCUT2D eigenvalue weighted by atomic mass is 10.3. The number of nitrogens with zero attached hydrogens (tertiary/aromatic N) is 3. The van der Waals surface area contributed by atoms with E-state index < -0.39 is 30.4 Å². The predicted octanol–water partition coefficient (Wildman–Crippen LogP) is 4.21. The van der Waals surface area contributed by atoms with E-state index in [-0.39, 0.29) is 5.95 Å². The molecule has 0 spiro atoms. The zero-order valence-electron chi connectivity index (χ0n) is 13.5. The number of aromatic nitrogens is 2. The van der Waals surface area contributed by atoms with Gasteiger partial charge in [0.25, 0.3) is 0 Å². The van der Waals surface area contributed by atoms with Crippen LogP contribution >= 0.6 is 0 Å². The van der Waals surface area contributed by atoms with Gasteiger partial charge in [0, 0.05) is 25.0 Å². The molecule has 0 N–H and O–H groups in total. The van der Waals surface area contributed by atoms with E-state index in [1.807, 2.05) is 0 Å². The van der Waals surface area contributed by atoms with Crippen molar-refractivity contribution >= 4 is 11.6 Å². The smallest absolute Gasteiger partial charge is 0.423 e. The summed E-state index contributed by atoms with van der Waals surface area (Å²) in [6.07, 6.45) is -9.40. The van der Waals surface area contributed by atoms with Crippen LogP contribution in [0.2, 0.25) is 0 Å². The van der Waals surface area contributed by atoms with Crippen molar-refractivity contribution in [2.24, 2.45) is 0 Å². The molecule has 0 unspecified atom stereocenters. The second kappa shape index (κ2) is 7.26. The van der Waals surface area contributed by atoms with E-state index in [9.17, 15) is 26.3 Å². The second-order valence-corrected chi connectivity index (χ2v) is 5.05. The Morgan fingerprint density at radius 2 is 1.81 bits per heavy atom. The first kappa shape index (κ1) is 19.6. The fourth-order valence-electron chi connectivity index (χ4n) is 1.91. The highest BCUT2D eigenvalue weighted by atomic mass is 19.4. The number of methoxy groups -OCH3 is 1. The van der Waals surface area contributed by atoms with Crippen molar-refractivity contribution in [3.63, 3.8) is 0 Å². The molecular formula is C15H13F6N3O2. The highest BCUT2D eigenvalue weighted by Crippen LogP contribution is 2.36. The number of hydrogen-bond donors (Lipinski definition) is 0. The summed E-state index contributed by atoms with van der Waals surface area (Å²) in [7, 11) is 2.86. The molecule has 2 rings (SSSR count). The van der Waals surface area contributed by atoms with Gasteiger partial charge in [0.05, 0.1) is 7.11 Å². The summed E-state index contributed by atoms with van der Waals surface area (Å²) in [5.41, 5.74) is -1.05. The quantitative estimate of drug-likeness (QED) is 0.726. The number of rotatable bonds is 5. The summed E-state index contributed by atoms with van der Waals surface area (Å²) < 4.78 is 85.1. The zero-order chi connectivity index (χ0) is 19.5. The Morgan fingerprint density at radius 1 is 1.12 bits per heavy atom. The van der Waals surface area contributed by atoms with Crippen molar-refractivity contribution in [3.8, 4) is 11.6 Å². The minimum Gasteiger partial charge on any atom is -0.497 e. The molecule has 0 aliphatic rings. The van der Waals surface area contributed by atoms with Crippen LogP contribution in [0.5, 0.6) is 11.6 Å². The Labute approximate surface area is 144 Å². The highest BCUT2D eigenvalue weighted by molar-refractivity contribution is 5.59. The van der Waals surface area contributed by atoms with E-state index in [0.717, 1.165) is 0 Å². The molecule has 1 aromatic heterocycles. The van der Waals surface area contributed by atoms with Gasteiger partial charge in [-0.25, -0.2) is 4.98 Å². The third kappa shape index (κ3) is 4.90. The Morgan fingerprint density at radius 3 is 2.38 bits per heavy atom. The average molecular weight is 381 g/mol. The molecule has 0 fully saturated rings. The molecule has 0 saturated carbocycles. The summed E-state index contributed by atoms with van der Waals surface area (Å²) in [6, 6.07) is 6.41. The van der Waals surface area contributed by atoms with Crippen molar-refractivity contribution in [3.05, 3.63) is 36.0 Å². The van der Waals surface area contributed by atoms with Crippen molar-refractivity contribution in [1.29, 1.82) is 0 Å². The summed E-state index contributed by atoms with van der Waals surface area (Å²) >= 11 is 0. The fraction of sp³-hybridized carbons (Fsp3) is 0.333. The first-order valence-corrected chi connectivity index (χ1v) is 7.03. The summed E-state index contributed by atoms with van der Waals surface area (Å²) in [6.45, 7) is -1.91. The fourth-order valence-corrected chi connectivity index (χ4v) is 1.91. The van der Waals surface area contributed by atoms with Crippen LogP contribution in [0.15, 0.2) is 30.5 Å². The SMILES string of the molecule is COc1cccc(N(C)c2ncc(C(F)(F)F)c(OCC(F)(F)F)n2)c1. The molecule has 1 heterocycles. The summed E-state index contributed by atoms with van der Waals surface area (Å²) in [5, 5.41) is 0. The van der Waals surface area contributed by atoms with E-state index in [1.54, 1.807) is 24.3 Å². The van der Waals surface area contributed by atoms with Gasteiger partial charge in [0.2, 0.25) is 11.8 Å². The summed E-state index contributed by atoms with van der Waals surface area (Å²) in [4.78, 5) is 8.36. The molecule has 0 radical (unpaired) electrons. The normalized spacial score (nSPS) is 12.0. The lowest BCUT2D eigenvalue weighted by molar-refractivity contribution is -0.159. The van der Waals surface area contributed by atoms with Crippen molar-refractivity contribution in [1.82, 2.24) is 9.97 Å². The summed E-state index contributed by atoms with van der Waals surface area (Å²) in [5.74, 6) is -1.01. The maximum absolute atomic E-state index is 13.0. The number of anilines is 2. The van der Waals surface area contributed by atoms with Crippen LogP contribution in [0, 0.1) is 0 Å². The lowest BCUT2D eigenvalue weighted by Crippen LogP contribution is -2.23. The first-order valence-electron chi connectivity index (χ1n) is 7.03. The van der Waals surface area contributed by atoms with Crippen LogP contribution in [-0.4, -0.2) is 36.9 Å². The van der Waals surface area contributed by atoms with E-state index in [4.69, 9.17) is 4.74 Å². The van der Waals surface area contributed by atoms with Crippen LogP contribution in [0.4, 0.5) is 38.0 Å². The van der Waals surface area contributed by atoms with Crippen LogP contribution in [0.3, 0.4) is 0 Å². The molecule has 1 aromatic carbocycles. The second-order valence-electron chi connectivity index (χ2n) is 5.05. The monoisotopic (exact) mass is 381 g/mol. The number of benzene rings is 1. The number of ether oxygens (including phenoxy) is 2. The van der Waals surface area contributed by atoms with Gasteiger partial charge < -0.3 is 14.4 Å².